The van der Waals surface area contributed by atoms with E-state index in [0.717, 1.165) is 0 Å². The third kappa shape index (κ3) is 1.34. The summed E-state index contributed by atoms with van der Waals surface area (Å²) in [5.74, 6) is -1.63. The molecule has 1 heterocycles. The Balaban J connectivity index is 2.63. The lowest BCUT2D eigenvalue weighted by atomic mass is 10.1. The van der Waals surface area contributed by atoms with Gasteiger partial charge in [0.15, 0.2) is 11.3 Å². The molecule has 0 spiro atoms. The minimum absolute atomic E-state index is 0.0756. The van der Waals surface area contributed by atoms with Gasteiger partial charge in [-0.2, -0.15) is 4.39 Å². The fraction of sp³-hybridized carbons (Fsp3) is 0. The number of phenolic OH excluding ortho intramolecular Hbond substituents is 2. The molecule has 0 amide bonds. The quantitative estimate of drug-likeness (QED) is 0.472. The summed E-state index contributed by atoms with van der Waals surface area (Å²) in [5.41, 5.74) is -1.06. The van der Waals surface area contributed by atoms with Crippen molar-refractivity contribution in [3.05, 3.63) is 46.6 Å². The van der Waals surface area contributed by atoms with Crippen LogP contribution in [-0.2, 0) is 0 Å². The molecule has 2 aromatic carbocycles. The third-order valence-electron chi connectivity index (χ3n) is 2.78. The predicted molar refractivity (Wildman–Crippen MR) is 63.3 cm³/mol. The summed E-state index contributed by atoms with van der Waals surface area (Å²) < 4.78 is 18.5. The Kier molecular flexibility index (Phi) is 2.04. The van der Waals surface area contributed by atoms with Crippen molar-refractivity contribution < 1.29 is 19.0 Å². The van der Waals surface area contributed by atoms with Gasteiger partial charge in [0.1, 0.15) is 5.75 Å². The molecule has 1 aromatic heterocycles. The van der Waals surface area contributed by atoms with Gasteiger partial charge >= 0.3 is 5.63 Å². The average Bonchev–Trinajstić information content (AvgIpc) is 2.35. The van der Waals surface area contributed by atoms with E-state index in [1.165, 1.54) is 30.3 Å². The van der Waals surface area contributed by atoms with Crippen LogP contribution in [0.1, 0.15) is 0 Å². The van der Waals surface area contributed by atoms with Crippen LogP contribution in [0.5, 0.6) is 11.5 Å². The van der Waals surface area contributed by atoms with Crippen LogP contribution < -0.4 is 5.63 Å². The van der Waals surface area contributed by atoms with E-state index in [-0.39, 0.29) is 16.7 Å². The van der Waals surface area contributed by atoms with Gasteiger partial charge in [-0.15, -0.1) is 0 Å². The zero-order valence-corrected chi connectivity index (χ0v) is 8.98. The first-order valence-electron chi connectivity index (χ1n) is 5.15. The highest BCUT2D eigenvalue weighted by molar-refractivity contribution is 6.05. The van der Waals surface area contributed by atoms with Crippen LogP contribution in [-0.4, -0.2) is 10.2 Å². The molecule has 4 nitrogen and oxygen atoms in total. The van der Waals surface area contributed by atoms with Crippen LogP contribution >= 0.6 is 0 Å². The summed E-state index contributed by atoms with van der Waals surface area (Å²) in [5, 5.41) is 19.6. The lowest BCUT2D eigenvalue weighted by Gasteiger charge is -2.04. The van der Waals surface area contributed by atoms with E-state index in [1.807, 2.05) is 0 Å². The van der Waals surface area contributed by atoms with Crippen LogP contribution in [0.2, 0.25) is 0 Å². The topological polar surface area (TPSA) is 70.7 Å². The van der Waals surface area contributed by atoms with Crippen molar-refractivity contribution in [3.8, 4) is 11.5 Å². The molecule has 3 rings (SSSR count). The summed E-state index contributed by atoms with van der Waals surface area (Å²) in [6, 6.07) is 6.79. The minimum Gasteiger partial charge on any atom is -0.508 e. The lowest BCUT2D eigenvalue weighted by molar-refractivity contribution is 0.426. The molecule has 0 radical (unpaired) electrons. The normalized spacial score (nSPS) is 11.2. The average molecular weight is 246 g/mol. The zero-order valence-electron chi connectivity index (χ0n) is 8.98. The Bertz CT molecular complexity index is 836. The molecule has 18 heavy (non-hydrogen) atoms. The molecule has 3 aromatic rings. The van der Waals surface area contributed by atoms with Gasteiger partial charge in [-0.05, 0) is 30.3 Å². The van der Waals surface area contributed by atoms with Crippen molar-refractivity contribution in [2.45, 2.75) is 0 Å². The standard InChI is InChI=1S/C13H7FO4/c14-11-10(16)4-3-8-7-2-1-6(15)5-9(7)13(17)18-12(8)11/h1-5,15-16H. The molecule has 0 atom stereocenters. The first-order valence-corrected chi connectivity index (χ1v) is 5.15. The zero-order chi connectivity index (χ0) is 12.9. The van der Waals surface area contributed by atoms with Crippen LogP contribution in [0.25, 0.3) is 21.7 Å². The molecule has 0 aliphatic rings. The largest absolute Gasteiger partial charge is 0.508 e. The number of aromatic hydroxyl groups is 2. The van der Waals surface area contributed by atoms with Gasteiger partial charge in [0.05, 0.1) is 5.39 Å². The Morgan fingerprint density at radius 1 is 1.00 bits per heavy atom. The van der Waals surface area contributed by atoms with E-state index in [9.17, 15) is 19.4 Å². The molecule has 0 aliphatic carbocycles. The highest BCUT2D eigenvalue weighted by Crippen LogP contribution is 2.30. The lowest BCUT2D eigenvalue weighted by Crippen LogP contribution is -2.00. The van der Waals surface area contributed by atoms with E-state index in [4.69, 9.17) is 4.42 Å². The molecule has 0 saturated heterocycles. The van der Waals surface area contributed by atoms with Crippen molar-refractivity contribution in [1.82, 2.24) is 0 Å². The summed E-state index contributed by atoms with van der Waals surface area (Å²) in [4.78, 5) is 11.7. The number of fused-ring (bicyclic) bond motifs is 3. The maximum atomic E-state index is 13.7. The Morgan fingerprint density at radius 2 is 1.72 bits per heavy atom. The Morgan fingerprint density at radius 3 is 2.50 bits per heavy atom. The van der Waals surface area contributed by atoms with Crippen LogP contribution in [0.4, 0.5) is 4.39 Å². The maximum Gasteiger partial charge on any atom is 0.344 e. The molecule has 2 N–H and O–H groups in total. The van der Waals surface area contributed by atoms with Gasteiger partial charge in [-0.25, -0.2) is 4.79 Å². The second kappa shape index (κ2) is 3.46. The molecule has 0 bridgehead atoms. The van der Waals surface area contributed by atoms with Crippen molar-refractivity contribution in [2.75, 3.05) is 0 Å². The molecule has 5 heteroatoms. The van der Waals surface area contributed by atoms with Gasteiger partial charge in [0, 0.05) is 10.8 Å². The number of phenols is 2. The second-order valence-corrected chi connectivity index (χ2v) is 3.89. The molecular weight excluding hydrogens is 239 g/mol. The minimum atomic E-state index is -0.973. The fourth-order valence-electron chi connectivity index (χ4n) is 1.94. The van der Waals surface area contributed by atoms with E-state index in [0.29, 0.717) is 10.8 Å². The van der Waals surface area contributed by atoms with Gasteiger partial charge in [0.2, 0.25) is 5.82 Å². The third-order valence-corrected chi connectivity index (χ3v) is 2.78. The van der Waals surface area contributed by atoms with Gasteiger partial charge in [-0.3, -0.25) is 0 Å². The number of hydrogen-bond donors (Lipinski definition) is 2. The number of halogens is 1. The van der Waals surface area contributed by atoms with Gasteiger partial charge < -0.3 is 14.6 Å². The van der Waals surface area contributed by atoms with Gasteiger partial charge in [-0.1, -0.05) is 0 Å². The number of benzene rings is 2. The summed E-state index contributed by atoms with van der Waals surface area (Å²) in [6.45, 7) is 0. The maximum absolute atomic E-state index is 13.7. The van der Waals surface area contributed by atoms with Crippen molar-refractivity contribution in [3.63, 3.8) is 0 Å². The van der Waals surface area contributed by atoms with E-state index in [2.05, 4.69) is 0 Å². The van der Waals surface area contributed by atoms with Gasteiger partial charge in [0.25, 0.3) is 0 Å². The second-order valence-electron chi connectivity index (χ2n) is 3.89. The predicted octanol–water partition coefficient (Wildman–Crippen LogP) is 2.50. The van der Waals surface area contributed by atoms with E-state index >= 15 is 0 Å². The molecule has 0 fully saturated rings. The van der Waals surface area contributed by atoms with Crippen molar-refractivity contribution in [2.24, 2.45) is 0 Å². The van der Waals surface area contributed by atoms with Crippen molar-refractivity contribution in [1.29, 1.82) is 0 Å². The molecule has 0 aliphatic heterocycles. The fourth-order valence-corrected chi connectivity index (χ4v) is 1.94. The van der Waals surface area contributed by atoms with Crippen LogP contribution in [0, 0.1) is 5.82 Å². The van der Waals surface area contributed by atoms with E-state index in [1.54, 1.807) is 0 Å². The molecule has 0 unspecified atom stereocenters. The van der Waals surface area contributed by atoms with Crippen LogP contribution in [0.15, 0.2) is 39.5 Å². The van der Waals surface area contributed by atoms with E-state index < -0.39 is 17.2 Å². The smallest absolute Gasteiger partial charge is 0.344 e. The Hall–Kier alpha value is -2.56. The van der Waals surface area contributed by atoms with Crippen LogP contribution in [0.3, 0.4) is 0 Å². The van der Waals surface area contributed by atoms with Crippen molar-refractivity contribution >= 4 is 21.7 Å². The monoisotopic (exact) mass is 246 g/mol. The number of hydrogen-bond acceptors (Lipinski definition) is 4. The first kappa shape index (κ1) is 10.6. The molecule has 0 saturated carbocycles. The SMILES string of the molecule is O=c1oc2c(F)c(O)ccc2c2ccc(O)cc12. The highest BCUT2D eigenvalue weighted by atomic mass is 19.1. The number of rotatable bonds is 0. The molecule has 90 valence electrons. The molecular formula is C13H7FO4. The summed E-state index contributed by atoms with van der Waals surface area (Å²) in [7, 11) is 0. The first-order chi connectivity index (χ1) is 8.58. The highest BCUT2D eigenvalue weighted by Gasteiger charge is 2.14. The Labute approximate surface area is 99.5 Å². The summed E-state index contributed by atoms with van der Waals surface area (Å²) >= 11 is 0. The summed E-state index contributed by atoms with van der Waals surface area (Å²) in [6.07, 6.45) is 0.